The predicted molar refractivity (Wildman–Crippen MR) is 111 cm³/mol. The molecule has 1 amide bonds. The Morgan fingerprint density at radius 2 is 1.82 bits per heavy atom. The van der Waals surface area contributed by atoms with Crippen LogP contribution in [0.2, 0.25) is 0 Å². The first kappa shape index (κ1) is 21.1. The van der Waals surface area contributed by atoms with Gasteiger partial charge in [0.15, 0.2) is 17.3 Å². The van der Waals surface area contributed by atoms with Crippen LogP contribution in [0.5, 0.6) is 0 Å². The van der Waals surface area contributed by atoms with E-state index >= 15 is 0 Å². The zero-order valence-electron chi connectivity index (χ0n) is 17.2. The van der Waals surface area contributed by atoms with Gasteiger partial charge in [-0.3, -0.25) is 9.78 Å². The summed E-state index contributed by atoms with van der Waals surface area (Å²) in [6, 6.07) is 3.21. The summed E-state index contributed by atoms with van der Waals surface area (Å²) in [6.45, 7) is 0. The summed E-state index contributed by atoms with van der Waals surface area (Å²) in [6.07, 6.45) is 5.17. The van der Waals surface area contributed by atoms with Crippen LogP contribution >= 0.6 is 0 Å². The number of aromatic amines is 1. The number of carbonyl (C=O) groups excluding carboxylic acids is 1. The van der Waals surface area contributed by atoms with Crippen LogP contribution in [0.15, 0.2) is 36.8 Å². The number of halogens is 4. The summed E-state index contributed by atoms with van der Waals surface area (Å²) < 4.78 is 56.2. The Kier molecular flexibility index (Phi) is 5.31. The van der Waals surface area contributed by atoms with E-state index in [4.69, 9.17) is 0 Å². The molecule has 0 atom stereocenters. The van der Waals surface area contributed by atoms with Gasteiger partial charge in [0.25, 0.3) is 5.91 Å². The highest BCUT2D eigenvalue weighted by atomic mass is 19.2. The van der Waals surface area contributed by atoms with Crippen molar-refractivity contribution in [1.29, 1.82) is 0 Å². The second-order valence-electron chi connectivity index (χ2n) is 8.03. The van der Waals surface area contributed by atoms with Crippen molar-refractivity contribution in [3.63, 3.8) is 0 Å². The van der Waals surface area contributed by atoms with Gasteiger partial charge in [-0.25, -0.2) is 22.2 Å². The van der Waals surface area contributed by atoms with Gasteiger partial charge in [0.2, 0.25) is 0 Å². The minimum atomic E-state index is -1.04. The zero-order valence-corrected chi connectivity index (χ0v) is 17.2. The van der Waals surface area contributed by atoms with Crippen molar-refractivity contribution in [1.82, 2.24) is 25.0 Å². The van der Waals surface area contributed by atoms with E-state index in [0.717, 1.165) is 12.1 Å². The number of rotatable bonds is 4. The van der Waals surface area contributed by atoms with E-state index in [0.29, 0.717) is 42.3 Å². The van der Waals surface area contributed by atoms with Gasteiger partial charge in [-0.2, -0.15) is 0 Å². The smallest absolute Gasteiger partial charge is 0.277 e. The second kappa shape index (κ2) is 8.30. The number of hydrogen-bond acceptors (Lipinski definition) is 4. The monoisotopic (exact) mass is 458 g/mol. The van der Waals surface area contributed by atoms with Gasteiger partial charge in [0.05, 0.1) is 35.0 Å². The number of nitrogens with one attached hydrogen (secondary N) is 2. The summed E-state index contributed by atoms with van der Waals surface area (Å²) in [5.74, 6) is -3.34. The molecule has 33 heavy (non-hydrogen) atoms. The average Bonchev–Trinajstić information content (AvgIpc) is 3.43. The minimum absolute atomic E-state index is 0.0716. The molecule has 0 aliphatic heterocycles. The lowest BCUT2D eigenvalue weighted by Crippen LogP contribution is -2.16. The molecule has 170 valence electrons. The number of alkyl halides is 1. The van der Waals surface area contributed by atoms with E-state index in [2.05, 4.69) is 25.6 Å². The van der Waals surface area contributed by atoms with Gasteiger partial charge < -0.3 is 10.3 Å². The molecule has 11 heteroatoms. The normalized spacial score (nSPS) is 18.5. The van der Waals surface area contributed by atoms with E-state index < -0.39 is 29.5 Å². The molecule has 1 aromatic carbocycles. The average molecular weight is 458 g/mol. The number of anilines is 1. The molecule has 0 saturated heterocycles. The number of pyridine rings is 1. The summed E-state index contributed by atoms with van der Waals surface area (Å²) in [5, 5.41) is 10.5. The summed E-state index contributed by atoms with van der Waals surface area (Å²) >= 11 is 0. The summed E-state index contributed by atoms with van der Waals surface area (Å²) in [7, 11) is 0. The molecule has 5 rings (SSSR count). The van der Waals surface area contributed by atoms with Gasteiger partial charge in [0.1, 0.15) is 12.0 Å². The van der Waals surface area contributed by atoms with Crippen LogP contribution in [-0.2, 0) is 0 Å². The van der Waals surface area contributed by atoms with Gasteiger partial charge in [-0.1, -0.05) is 5.21 Å². The number of aromatic nitrogens is 5. The Bertz CT molecular complexity index is 1340. The Hall–Kier alpha value is -3.76. The predicted octanol–water partition coefficient (Wildman–Crippen LogP) is 4.81. The molecule has 0 unspecified atom stereocenters. The fourth-order valence-electron chi connectivity index (χ4n) is 4.09. The topological polar surface area (TPSA) is 88.5 Å². The lowest BCUT2D eigenvalue weighted by atomic mass is 9.85. The van der Waals surface area contributed by atoms with E-state index in [-0.39, 0.29) is 23.0 Å². The van der Waals surface area contributed by atoms with E-state index in [1.165, 1.54) is 29.3 Å². The van der Waals surface area contributed by atoms with E-state index in [1.54, 1.807) is 0 Å². The van der Waals surface area contributed by atoms with Crippen molar-refractivity contribution in [2.75, 3.05) is 5.32 Å². The third-order valence-corrected chi connectivity index (χ3v) is 5.86. The van der Waals surface area contributed by atoms with Crippen LogP contribution in [0, 0.1) is 17.5 Å². The van der Waals surface area contributed by atoms with E-state index in [1.807, 2.05) is 0 Å². The molecular weight excluding hydrogens is 440 g/mol. The molecular formula is C22H18F4N6O. The van der Waals surface area contributed by atoms with Crippen LogP contribution in [0.3, 0.4) is 0 Å². The quantitative estimate of drug-likeness (QED) is 0.430. The molecule has 2 N–H and O–H groups in total. The number of hydrogen-bond donors (Lipinski definition) is 2. The Labute approximate surface area is 184 Å². The third-order valence-electron chi connectivity index (χ3n) is 5.86. The Morgan fingerprint density at radius 1 is 1.06 bits per heavy atom. The molecule has 1 aliphatic rings. The first-order valence-electron chi connectivity index (χ1n) is 10.4. The maximum Gasteiger partial charge on any atom is 0.277 e. The highest BCUT2D eigenvalue weighted by Crippen LogP contribution is 2.34. The van der Waals surface area contributed by atoms with Crippen molar-refractivity contribution in [2.45, 2.75) is 37.8 Å². The number of benzene rings is 1. The highest BCUT2D eigenvalue weighted by Gasteiger charge is 2.25. The number of nitrogens with zero attached hydrogens (tertiary/aromatic N) is 4. The molecule has 0 bridgehead atoms. The first-order chi connectivity index (χ1) is 15.9. The Balaban J connectivity index is 1.33. The molecule has 3 heterocycles. The number of fused-ring (bicyclic) bond motifs is 1. The molecule has 3 aromatic heterocycles. The summed E-state index contributed by atoms with van der Waals surface area (Å²) in [5.41, 5.74) is 1.05. The largest absolute Gasteiger partial charge is 0.359 e. The van der Waals surface area contributed by atoms with Gasteiger partial charge in [0, 0.05) is 29.6 Å². The van der Waals surface area contributed by atoms with Gasteiger partial charge in [-0.15, -0.1) is 5.10 Å². The highest BCUT2D eigenvalue weighted by molar-refractivity contribution is 6.07. The van der Waals surface area contributed by atoms with Crippen LogP contribution in [0.4, 0.5) is 23.2 Å². The van der Waals surface area contributed by atoms with Crippen LogP contribution < -0.4 is 5.32 Å². The second-order valence-corrected chi connectivity index (χ2v) is 8.03. The maximum absolute atomic E-state index is 14.7. The zero-order chi connectivity index (χ0) is 23.1. The van der Waals surface area contributed by atoms with Crippen LogP contribution in [-0.4, -0.2) is 37.0 Å². The van der Waals surface area contributed by atoms with Crippen molar-refractivity contribution in [3.8, 4) is 5.69 Å². The van der Waals surface area contributed by atoms with E-state index in [9.17, 15) is 22.4 Å². The molecule has 1 aliphatic carbocycles. The number of amides is 1. The fraction of sp³-hybridized carbons (Fsp3) is 0.273. The summed E-state index contributed by atoms with van der Waals surface area (Å²) in [4.78, 5) is 19.5. The first-order valence-corrected chi connectivity index (χ1v) is 10.4. The van der Waals surface area contributed by atoms with Gasteiger partial charge >= 0.3 is 0 Å². The van der Waals surface area contributed by atoms with Crippen molar-refractivity contribution in [3.05, 3.63) is 65.6 Å². The van der Waals surface area contributed by atoms with Crippen molar-refractivity contribution < 1.29 is 22.4 Å². The number of H-pyrrole nitrogens is 1. The molecule has 1 fully saturated rings. The Morgan fingerprint density at radius 3 is 2.58 bits per heavy atom. The van der Waals surface area contributed by atoms with Crippen LogP contribution in [0.25, 0.3) is 16.6 Å². The fourth-order valence-corrected chi connectivity index (χ4v) is 4.09. The van der Waals surface area contributed by atoms with Crippen molar-refractivity contribution >= 4 is 22.5 Å². The maximum atomic E-state index is 14.7. The number of carbonyl (C=O) groups is 1. The lowest BCUT2D eigenvalue weighted by molar-refractivity contribution is 0.102. The molecule has 7 nitrogen and oxygen atoms in total. The third kappa shape index (κ3) is 4.06. The van der Waals surface area contributed by atoms with Crippen LogP contribution in [0.1, 0.15) is 47.8 Å². The standard InChI is InChI=1S/C22H18F4N6O/c23-12-3-1-11(2-4-12)21-17(26)5-13(8-28-21)32-10-20(30-31-32)22(33)29-19-9-27-18-7-16(25)15(24)6-14(18)19/h5-12,27H,1-4H2,(H,29,33). The molecule has 1 saturated carbocycles. The van der Waals surface area contributed by atoms with Crippen molar-refractivity contribution in [2.24, 2.45) is 0 Å². The van der Waals surface area contributed by atoms with Gasteiger partial charge in [-0.05, 0) is 31.7 Å². The minimum Gasteiger partial charge on any atom is -0.359 e. The molecule has 0 spiro atoms. The SMILES string of the molecule is O=C(Nc1c[nH]c2cc(F)c(F)cc12)c1cn(-c2cnc(C3CCC(F)CC3)c(F)c2)nn1. The molecule has 0 radical (unpaired) electrons. The lowest BCUT2D eigenvalue weighted by Gasteiger charge is -2.24. The molecule has 4 aromatic rings.